The number of alkyl halides is 1. The highest BCUT2D eigenvalue weighted by molar-refractivity contribution is 6.20. The molecule has 0 aliphatic heterocycles. The Kier molecular flexibility index (Phi) is 3.49. The Morgan fingerprint density at radius 1 is 1.43 bits per heavy atom. The number of nitrogens with two attached hydrogens (primary N) is 1. The summed E-state index contributed by atoms with van der Waals surface area (Å²) in [6.07, 6.45) is 0.243. The fourth-order valence-electron chi connectivity index (χ4n) is 1.14. The minimum absolute atomic E-state index is 0.1000. The average molecular weight is 214 g/mol. The van der Waals surface area contributed by atoms with Crippen molar-refractivity contribution < 1.29 is 9.90 Å². The average Bonchev–Trinajstić information content (AvgIpc) is 2.19. The summed E-state index contributed by atoms with van der Waals surface area (Å²) in [4.78, 5) is 10.8. The molecule has 0 radical (unpaired) electrons. The lowest BCUT2D eigenvalue weighted by Crippen LogP contribution is -2.51. The van der Waals surface area contributed by atoms with E-state index < -0.39 is 11.5 Å². The molecule has 0 aromatic heterocycles. The van der Waals surface area contributed by atoms with E-state index in [9.17, 15) is 4.79 Å². The molecule has 1 unspecified atom stereocenters. The lowest BCUT2D eigenvalue weighted by atomic mass is 9.94. The molecule has 0 saturated heterocycles. The van der Waals surface area contributed by atoms with Gasteiger partial charge < -0.3 is 10.8 Å². The largest absolute Gasteiger partial charge is 0.480 e. The zero-order valence-corrected chi connectivity index (χ0v) is 8.37. The third-order valence-corrected chi connectivity index (χ3v) is 2.50. The molecule has 0 aliphatic carbocycles. The van der Waals surface area contributed by atoms with E-state index in [0.717, 1.165) is 5.56 Å². The maximum absolute atomic E-state index is 10.8. The first-order chi connectivity index (χ1) is 6.58. The topological polar surface area (TPSA) is 63.3 Å². The van der Waals surface area contributed by atoms with E-state index in [1.54, 1.807) is 0 Å². The van der Waals surface area contributed by atoms with Gasteiger partial charge in [0.05, 0.1) is 5.88 Å². The lowest BCUT2D eigenvalue weighted by molar-refractivity contribution is -0.142. The number of halogens is 1. The van der Waals surface area contributed by atoms with Crippen LogP contribution in [0, 0.1) is 0 Å². The third-order valence-electron chi connectivity index (χ3n) is 2.03. The van der Waals surface area contributed by atoms with Crippen molar-refractivity contribution in [3.8, 4) is 0 Å². The van der Waals surface area contributed by atoms with E-state index in [1.165, 1.54) is 0 Å². The number of rotatable bonds is 4. The lowest BCUT2D eigenvalue weighted by Gasteiger charge is -2.21. The van der Waals surface area contributed by atoms with Crippen molar-refractivity contribution in [2.24, 2.45) is 5.73 Å². The van der Waals surface area contributed by atoms with Gasteiger partial charge in [0.25, 0.3) is 0 Å². The van der Waals surface area contributed by atoms with Gasteiger partial charge in [-0.25, -0.2) is 0 Å². The van der Waals surface area contributed by atoms with Gasteiger partial charge in [0.15, 0.2) is 0 Å². The summed E-state index contributed by atoms with van der Waals surface area (Å²) >= 11 is 5.55. The summed E-state index contributed by atoms with van der Waals surface area (Å²) in [7, 11) is 0. The molecule has 0 bridgehead atoms. The Labute approximate surface area is 87.5 Å². The van der Waals surface area contributed by atoms with Crippen LogP contribution in [0.1, 0.15) is 5.56 Å². The molecule has 0 spiro atoms. The van der Waals surface area contributed by atoms with E-state index in [-0.39, 0.29) is 12.3 Å². The van der Waals surface area contributed by atoms with Gasteiger partial charge in [0, 0.05) is 6.42 Å². The summed E-state index contributed by atoms with van der Waals surface area (Å²) in [5, 5.41) is 8.88. The van der Waals surface area contributed by atoms with Crippen molar-refractivity contribution in [2.45, 2.75) is 12.0 Å². The first-order valence-corrected chi connectivity index (χ1v) is 4.74. The van der Waals surface area contributed by atoms with Gasteiger partial charge in [-0.1, -0.05) is 30.3 Å². The molecule has 76 valence electrons. The predicted molar refractivity (Wildman–Crippen MR) is 55.4 cm³/mol. The van der Waals surface area contributed by atoms with Crippen LogP contribution < -0.4 is 5.73 Å². The second-order valence-electron chi connectivity index (χ2n) is 3.26. The molecule has 0 aliphatic rings. The van der Waals surface area contributed by atoms with Gasteiger partial charge in [0.1, 0.15) is 5.54 Å². The number of carboxylic acid groups (broad SMARTS) is 1. The quantitative estimate of drug-likeness (QED) is 0.740. The van der Waals surface area contributed by atoms with Crippen LogP contribution in [0.15, 0.2) is 30.3 Å². The normalized spacial score (nSPS) is 14.7. The van der Waals surface area contributed by atoms with Gasteiger partial charge in [-0.2, -0.15) is 0 Å². The second kappa shape index (κ2) is 4.44. The first kappa shape index (κ1) is 11.0. The van der Waals surface area contributed by atoms with Gasteiger partial charge in [-0.15, -0.1) is 11.6 Å². The zero-order chi connectivity index (χ0) is 10.6. The van der Waals surface area contributed by atoms with Crippen molar-refractivity contribution in [3.63, 3.8) is 0 Å². The standard InChI is InChI=1S/C10H12ClNO2/c11-7-10(12,9(13)14)6-8-4-2-1-3-5-8/h1-5H,6-7,12H2,(H,13,14). The van der Waals surface area contributed by atoms with Crippen LogP contribution in [0.25, 0.3) is 0 Å². The summed E-state index contributed by atoms with van der Waals surface area (Å²) in [5.74, 6) is -1.17. The Morgan fingerprint density at radius 2 is 2.00 bits per heavy atom. The second-order valence-corrected chi connectivity index (χ2v) is 3.52. The van der Waals surface area contributed by atoms with Crippen LogP contribution >= 0.6 is 11.6 Å². The first-order valence-electron chi connectivity index (χ1n) is 4.21. The van der Waals surface area contributed by atoms with E-state index >= 15 is 0 Å². The number of hydrogen-bond acceptors (Lipinski definition) is 2. The number of benzene rings is 1. The van der Waals surface area contributed by atoms with E-state index in [2.05, 4.69) is 0 Å². The van der Waals surface area contributed by atoms with Gasteiger partial charge >= 0.3 is 5.97 Å². The molecule has 1 aromatic rings. The fourth-order valence-corrected chi connectivity index (χ4v) is 1.35. The molecule has 0 heterocycles. The molecule has 0 fully saturated rings. The van der Waals surface area contributed by atoms with Crippen molar-refractivity contribution in [3.05, 3.63) is 35.9 Å². The Morgan fingerprint density at radius 3 is 2.43 bits per heavy atom. The maximum Gasteiger partial charge on any atom is 0.325 e. The Hall–Kier alpha value is -1.06. The van der Waals surface area contributed by atoms with Crippen LogP contribution in [0.5, 0.6) is 0 Å². The maximum atomic E-state index is 10.8. The van der Waals surface area contributed by atoms with Crippen LogP contribution in [0.4, 0.5) is 0 Å². The van der Waals surface area contributed by atoms with Crippen LogP contribution in [0.3, 0.4) is 0 Å². The predicted octanol–water partition coefficient (Wildman–Crippen LogP) is 1.25. The fraction of sp³-hybridized carbons (Fsp3) is 0.300. The summed E-state index contributed by atoms with van der Waals surface area (Å²) in [5.41, 5.74) is 5.14. The van der Waals surface area contributed by atoms with Crippen LogP contribution in [-0.2, 0) is 11.2 Å². The molecule has 3 N–H and O–H groups in total. The van der Waals surface area contributed by atoms with E-state index in [0.29, 0.717) is 0 Å². The molecule has 4 heteroatoms. The SMILES string of the molecule is NC(CCl)(Cc1ccccc1)C(=O)O. The van der Waals surface area contributed by atoms with Crippen molar-refractivity contribution in [1.82, 2.24) is 0 Å². The van der Waals surface area contributed by atoms with Crippen LogP contribution in [-0.4, -0.2) is 22.5 Å². The van der Waals surface area contributed by atoms with E-state index in [1.807, 2.05) is 30.3 Å². The molecule has 1 aromatic carbocycles. The van der Waals surface area contributed by atoms with Crippen molar-refractivity contribution >= 4 is 17.6 Å². The zero-order valence-electron chi connectivity index (χ0n) is 7.61. The minimum atomic E-state index is -1.37. The number of carbonyl (C=O) groups is 1. The van der Waals surface area contributed by atoms with Crippen molar-refractivity contribution in [2.75, 3.05) is 5.88 Å². The van der Waals surface area contributed by atoms with Crippen LogP contribution in [0.2, 0.25) is 0 Å². The summed E-state index contributed by atoms with van der Waals surface area (Å²) in [6, 6.07) is 9.20. The summed E-state index contributed by atoms with van der Waals surface area (Å²) < 4.78 is 0. The molecule has 1 atom stereocenters. The van der Waals surface area contributed by atoms with Crippen molar-refractivity contribution in [1.29, 1.82) is 0 Å². The van der Waals surface area contributed by atoms with Gasteiger partial charge in [-0.05, 0) is 5.56 Å². The molecule has 3 nitrogen and oxygen atoms in total. The Bertz CT molecular complexity index is 315. The molecular formula is C10H12ClNO2. The summed E-state index contributed by atoms with van der Waals surface area (Å²) in [6.45, 7) is 0. The highest BCUT2D eigenvalue weighted by Crippen LogP contribution is 2.13. The number of carboxylic acids is 1. The number of aliphatic carboxylic acids is 1. The smallest absolute Gasteiger partial charge is 0.325 e. The number of hydrogen-bond donors (Lipinski definition) is 2. The molecule has 0 saturated carbocycles. The minimum Gasteiger partial charge on any atom is -0.480 e. The van der Waals surface area contributed by atoms with Gasteiger partial charge in [-0.3, -0.25) is 4.79 Å². The highest BCUT2D eigenvalue weighted by atomic mass is 35.5. The monoisotopic (exact) mass is 213 g/mol. The van der Waals surface area contributed by atoms with Gasteiger partial charge in [0.2, 0.25) is 0 Å². The third kappa shape index (κ3) is 2.47. The molecule has 14 heavy (non-hydrogen) atoms. The Balaban J connectivity index is 2.81. The van der Waals surface area contributed by atoms with E-state index in [4.69, 9.17) is 22.4 Å². The molecular weight excluding hydrogens is 202 g/mol. The molecule has 0 amide bonds. The molecule has 1 rings (SSSR count). The highest BCUT2D eigenvalue weighted by Gasteiger charge is 2.33.